The van der Waals surface area contributed by atoms with Gasteiger partial charge < -0.3 is 9.64 Å². The first-order chi connectivity index (χ1) is 12.8. The lowest BCUT2D eigenvalue weighted by atomic mass is 10.00. The molecule has 0 amide bonds. The Labute approximate surface area is 154 Å². The Balaban J connectivity index is 1.67. The predicted molar refractivity (Wildman–Crippen MR) is 107 cm³/mol. The lowest BCUT2D eigenvalue weighted by Crippen LogP contribution is -2.25. The van der Waals surface area contributed by atoms with Crippen molar-refractivity contribution in [2.75, 3.05) is 25.1 Å². The van der Waals surface area contributed by atoms with Crippen LogP contribution >= 0.6 is 0 Å². The number of hydrogen-bond donors (Lipinski definition) is 0. The molecule has 0 saturated carbocycles. The third-order valence-corrected chi connectivity index (χ3v) is 4.72. The number of benzene rings is 3. The Morgan fingerprint density at radius 1 is 0.885 bits per heavy atom. The van der Waals surface area contributed by atoms with Gasteiger partial charge in [0, 0.05) is 29.9 Å². The number of hydrogen-bond acceptors (Lipinski definition) is 3. The number of rotatable bonds is 4. The van der Waals surface area contributed by atoms with Crippen LogP contribution in [0.5, 0.6) is 5.75 Å². The molecule has 0 aromatic heterocycles. The Bertz CT molecular complexity index is 901. The zero-order valence-electron chi connectivity index (χ0n) is 14.9. The van der Waals surface area contributed by atoms with Crippen LogP contribution in [0.4, 0.5) is 5.69 Å². The van der Waals surface area contributed by atoms with Gasteiger partial charge in [0.05, 0.1) is 19.4 Å². The van der Waals surface area contributed by atoms with Gasteiger partial charge in [-0.3, -0.25) is 4.99 Å². The summed E-state index contributed by atoms with van der Waals surface area (Å²) in [4.78, 5) is 7.32. The Kier molecular flexibility index (Phi) is 4.69. The van der Waals surface area contributed by atoms with Gasteiger partial charge in [0.25, 0.3) is 0 Å². The molecule has 1 aliphatic rings. The second-order valence-corrected chi connectivity index (χ2v) is 6.38. The summed E-state index contributed by atoms with van der Waals surface area (Å²) in [5.41, 5.74) is 5.96. The largest absolute Gasteiger partial charge is 0.497 e. The first kappa shape index (κ1) is 16.4. The molecule has 4 rings (SSSR count). The number of benzodiazepines with no additional fused rings is 1. The maximum Gasteiger partial charge on any atom is 0.118 e. The summed E-state index contributed by atoms with van der Waals surface area (Å²) < 4.78 is 5.27. The normalized spacial score (nSPS) is 13.6. The highest BCUT2D eigenvalue weighted by atomic mass is 16.5. The molecule has 0 fully saturated rings. The molecule has 0 N–H and O–H groups in total. The molecule has 26 heavy (non-hydrogen) atoms. The average molecular weight is 342 g/mol. The summed E-state index contributed by atoms with van der Waals surface area (Å²) in [6, 6.07) is 27.3. The molecule has 0 atom stereocenters. The highest BCUT2D eigenvalue weighted by Crippen LogP contribution is 2.28. The second kappa shape index (κ2) is 7.44. The van der Waals surface area contributed by atoms with Crippen molar-refractivity contribution in [1.29, 1.82) is 0 Å². The summed E-state index contributed by atoms with van der Waals surface area (Å²) in [5.74, 6) is 0.889. The van der Waals surface area contributed by atoms with Crippen molar-refractivity contribution >= 4 is 11.4 Å². The van der Waals surface area contributed by atoms with Crippen molar-refractivity contribution in [3.8, 4) is 5.75 Å². The van der Waals surface area contributed by atoms with E-state index in [1.165, 1.54) is 22.4 Å². The number of methoxy groups -OCH3 is 1. The molecular formula is C23H22N2O. The molecule has 1 aliphatic heterocycles. The predicted octanol–water partition coefficient (Wildman–Crippen LogP) is 4.55. The molecule has 3 nitrogen and oxygen atoms in total. The zero-order chi connectivity index (χ0) is 17.8. The number of ether oxygens (including phenoxy) is 1. The molecule has 0 aliphatic carbocycles. The van der Waals surface area contributed by atoms with Crippen LogP contribution in [0.1, 0.15) is 16.7 Å². The minimum Gasteiger partial charge on any atom is -0.497 e. The van der Waals surface area contributed by atoms with E-state index >= 15 is 0 Å². The summed E-state index contributed by atoms with van der Waals surface area (Å²) in [6.07, 6.45) is 0. The zero-order valence-corrected chi connectivity index (χ0v) is 14.9. The molecule has 3 aromatic rings. The van der Waals surface area contributed by atoms with Gasteiger partial charge in [-0.15, -0.1) is 0 Å². The molecule has 0 radical (unpaired) electrons. The van der Waals surface area contributed by atoms with E-state index in [2.05, 4.69) is 65.6 Å². The van der Waals surface area contributed by atoms with E-state index in [0.717, 1.165) is 31.1 Å². The van der Waals surface area contributed by atoms with Gasteiger partial charge in [-0.25, -0.2) is 0 Å². The van der Waals surface area contributed by atoms with Crippen LogP contribution in [0, 0.1) is 0 Å². The van der Waals surface area contributed by atoms with Crippen LogP contribution < -0.4 is 9.64 Å². The molecule has 1 heterocycles. The number of aliphatic imine (C=N–C) groups is 1. The highest BCUT2D eigenvalue weighted by molar-refractivity contribution is 6.16. The van der Waals surface area contributed by atoms with Crippen LogP contribution in [0.2, 0.25) is 0 Å². The lowest BCUT2D eigenvalue weighted by molar-refractivity contribution is 0.414. The highest BCUT2D eigenvalue weighted by Gasteiger charge is 2.19. The minimum atomic E-state index is 0.787. The molecule has 0 unspecified atom stereocenters. The van der Waals surface area contributed by atoms with E-state index in [4.69, 9.17) is 9.73 Å². The Hall–Kier alpha value is -3.07. The first-order valence-corrected chi connectivity index (χ1v) is 8.92. The molecule has 0 spiro atoms. The lowest BCUT2D eigenvalue weighted by Gasteiger charge is -2.25. The van der Waals surface area contributed by atoms with Gasteiger partial charge in [-0.05, 0) is 23.8 Å². The molecule has 0 saturated heterocycles. The second-order valence-electron chi connectivity index (χ2n) is 6.38. The van der Waals surface area contributed by atoms with Gasteiger partial charge in [0.15, 0.2) is 0 Å². The fraction of sp³-hybridized carbons (Fsp3) is 0.174. The number of anilines is 1. The molecule has 0 bridgehead atoms. The van der Waals surface area contributed by atoms with Crippen LogP contribution in [0.3, 0.4) is 0 Å². The number of fused-ring (bicyclic) bond motifs is 1. The Morgan fingerprint density at radius 2 is 1.62 bits per heavy atom. The van der Waals surface area contributed by atoms with Crippen molar-refractivity contribution in [2.24, 2.45) is 4.99 Å². The van der Waals surface area contributed by atoms with Gasteiger partial charge in [-0.2, -0.15) is 0 Å². The quantitative estimate of drug-likeness (QED) is 0.695. The maximum absolute atomic E-state index is 5.27. The summed E-state index contributed by atoms with van der Waals surface area (Å²) in [5, 5.41) is 0. The maximum atomic E-state index is 5.27. The third-order valence-electron chi connectivity index (χ3n) is 4.72. The van der Waals surface area contributed by atoms with Gasteiger partial charge in [0.2, 0.25) is 0 Å². The standard InChI is InChI=1S/C23H22N2O/c1-26-20-13-11-18(12-14-20)17-25-16-15-24-23(19-7-3-2-4-8-19)21-9-5-6-10-22(21)25/h2-14H,15-17H2,1H3. The van der Waals surface area contributed by atoms with Crippen LogP contribution in [-0.4, -0.2) is 25.9 Å². The van der Waals surface area contributed by atoms with E-state index in [-0.39, 0.29) is 0 Å². The monoisotopic (exact) mass is 342 g/mol. The molecule has 130 valence electrons. The fourth-order valence-electron chi connectivity index (χ4n) is 3.40. The summed E-state index contributed by atoms with van der Waals surface area (Å²) >= 11 is 0. The topological polar surface area (TPSA) is 24.8 Å². The molecular weight excluding hydrogens is 320 g/mol. The van der Waals surface area contributed by atoms with E-state index in [0.29, 0.717) is 0 Å². The SMILES string of the molecule is COc1ccc(CN2CCN=C(c3ccccc3)c3ccccc32)cc1. The Morgan fingerprint density at radius 3 is 2.38 bits per heavy atom. The van der Waals surface area contributed by atoms with Crippen molar-refractivity contribution in [1.82, 2.24) is 0 Å². The van der Waals surface area contributed by atoms with E-state index < -0.39 is 0 Å². The smallest absolute Gasteiger partial charge is 0.118 e. The molecule has 3 heteroatoms. The van der Waals surface area contributed by atoms with Gasteiger partial charge in [-0.1, -0.05) is 60.7 Å². The number of nitrogens with zero attached hydrogens (tertiary/aromatic N) is 2. The average Bonchev–Trinajstić information content (AvgIpc) is 2.89. The fourth-order valence-corrected chi connectivity index (χ4v) is 3.40. The van der Waals surface area contributed by atoms with E-state index in [9.17, 15) is 0 Å². The van der Waals surface area contributed by atoms with E-state index in [1.54, 1.807) is 7.11 Å². The number of para-hydroxylation sites is 1. The van der Waals surface area contributed by atoms with Crippen molar-refractivity contribution in [2.45, 2.75) is 6.54 Å². The van der Waals surface area contributed by atoms with Crippen molar-refractivity contribution in [3.63, 3.8) is 0 Å². The van der Waals surface area contributed by atoms with Gasteiger partial charge >= 0.3 is 0 Å². The summed E-state index contributed by atoms with van der Waals surface area (Å²) in [7, 11) is 1.70. The third kappa shape index (κ3) is 3.33. The molecule has 3 aromatic carbocycles. The van der Waals surface area contributed by atoms with Crippen LogP contribution in [0.25, 0.3) is 0 Å². The minimum absolute atomic E-state index is 0.787. The van der Waals surface area contributed by atoms with Crippen LogP contribution in [-0.2, 0) is 6.54 Å². The summed E-state index contributed by atoms with van der Waals surface area (Å²) in [6.45, 7) is 2.55. The van der Waals surface area contributed by atoms with Crippen LogP contribution in [0.15, 0.2) is 83.9 Å². The van der Waals surface area contributed by atoms with Crippen molar-refractivity contribution < 1.29 is 4.74 Å². The van der Waals surface area contributed by atoms with Gasteiger partial charge in [0.1, 0.15) is 5.75 Å². The van der Waals surface area contributed by atoms with Crippen molar-refractivity contribution in [3.05, 3.63) is 95.6 Å². The van der Waals surface area contributed by atoms with E-state index in [1.807, 2.05) is 18.2 Å². The first-order valence-electron chi connectivity index (χ1n) is 8.92.